The molecule has 0 unspecified atom stereocenters. The molecular weight excluding hydrogens is 749 g/mol. The van der Waals surface area contributed by atoms with Crippen LogP contribution in [0.5, 0.6) is 0 Å². The van der Waals surface area contributed by atoms with Gasteiger partial charge in [-0.2, -0.15) is 30.9 Å². The molecule has 0 amide bonds. The summed E-state index contributed by atoms with van der Waals surface area (Å²) in [6, 6.07) is 6.12. The van der Waals surface area contributed by atoms with Crippen molar-refractivity contribution in [3.63, 3.8) is 0 Å². The first-order valence-corrected chi connectivity index (χ1v) is 18.5. The van der Waals surface area contributed by atoms with Crippen LogP contribution in [-0.4, -0.2) is 48.6 Å². The third kappa shape index (κ3) is 10.4. The predicted molar refractivity (Wildman–Crippen MR) is 179 cm³/mol. The minimum atomic E-state index is -4.67. The third-order valence-electron chi connectivity index (χ3n) is 7.97. The van der Waals surface area contributed by atoms with Gasteiger partial charge in [0, 0.05) is 36.4 Å². The normalized spacial score (nSPS) is 15.1. The second kappa shape index (κ2) is 16.7. The summed E-state index contributed by atoms with van der Waals surface area (Å²) in [7, 11) is -9.22. The molecule has 0 aliphatic carbocycles. The van der Waals surface area contributed by atoms with E-state index in [-0.39, 0.29) is 66.7 Å². The molecule has 0 fully saturated rings. The number of allylic oxidation sites excluding steroid dienone is 4. The molecule has 1 aliphatic heterocycles. The van der Waals surface area contributed by atoms with Gasteiger partial charge < -0.3 is 18.9 Å². The number of hydrogen-bond donors (Lipinski definition) is 0. The van der Waals surface area contributed by atoms with Gasteiger partial charge in [0.25, 0.3) is 5.82 Å². The standard InChI is InChI=1S/C33H34F6N4O6S2.Na/c1-4-23(9-15-30-40(5-2)26-13-11-24(32(34,35)36)21-28(26)42(30)17-7-19-50(44,45)46)10-16-31-41(6-3)27-14-12-25(33(37,38)39)22-29(27)43(31)18-8-20-51(47,48)49;/h5-6,9-16,21-22H,2-4,7-8,17-20H2,1H3,(H-,44,45,46,47,48,49);/q;+1/p-1. The Hall–Kier alpha value is -3.39. The zero-order valence-electron chi connectivity index (χ0n) is 28.1. The van der Waals surface area contributed by atoms with Gasteiger partial charge in [-0.15, -0.1) is 0 Å². The van der Waals surface area contributed by atoms with E-state index in [4.69, 9.17) is 0 Å². The van der Waals surface area contributed by atoms with Gasteiger partial charge in [-0.25, -0.2) is 21.4 Å². The number of aromatic nitrogens is 2. The van der Waals surface area contributed by atoms with Crippen molar-refractivity contribution < 1.29 is 86.4 Å². The average Bonchev–Trinajstić information content (AvgIpc) is 3.49. The van der Waals surface area contributed by atoms with Gasteiger partial charge in [-0.05, 0) is 61.2 Å². The van der Waals surface area contributed by atoms with Crippen molar-refractivity contribution >= 4 is 54.9 Å². The molecule has 0 radical (unpaired) electrons. The Morgan fingerprint density at radius 2 is 1.44 bits per heavy atom. The van der Waals surface area contributed by atoms with Gasteiger partial charge in [0.05, 0.1) is 55.5 Å². The Labute approximate surface area is 319 Å². The molecule has 4 rings (SSSR count). The molecule has 52 heavy (non-hydrogen) atoms. The minimum absolute atomic E-state index is 0. The van der Waals surface area contributed by atoms with Crippen LogP contribution in [-0.2, 0) is 39.1 Å². The number of rotatable bonds is 14. The van der Waals surface area contributed by atoms with E-state index in [2.05, 4.69) is 13.2 Å². The Morgan fingerprint density at radius 3 is 1.98 bits per heavy atom. The zero-order chi connectivity index (χ0) is 37.9. The summed E-state index contributed by atoms with van der Waals surface area (Å²) >= 11 is 0. The van der Waals surface area contributed by atoms with Gasteiger partial charge in [0.15, 0.2) is 11.0 Å². The van der Waals surface area contributed by atoms with Crippen molar-refractivity contribution in [1.29, 1.82) is 0 Å². The maximum absolute atomic E-state index is 13.6. The number of imidazole rings is 1. The maximum Gasteiger partial charge on any atom is 1.00 e. The first-order valence-electron chi connectivity index (χ1n) is 15.3. The smallest absolute Gasteiger partial charge is 0.748 e. The molecule has 19 heteroatoms. The maximum atomic E-state index is 13.6. The van der Waals surface area contributed by atoms with E-state index in [1.807, 2.05) is 0 Å². The van der Waals surface area contributed by atoms with Crippen LogP contribution in [0, 0.1) is 0 Å². The summed E-state index contributed by atoms with van der Waals surface area (Å²) in [5, 5.41) is 0. The molecule has 10 nitrogen and oxygen atoms in total. The molecule has 276 valence electrons. The molecule has 0 atom stereocenters. The van der Waals surface area contributed by atoms with Crippen LogP contribution in [0.2, 0.25) is 0 Å². The SMILES string of the molecule is C=CN1\C(=C/C=C(/C=C/c2n(CCCS(=O)(=O)[O-])c3cc(C(F)(F)F)ccc3[n+]2C=C)CC)N(CCCS(=O)(=O)[O-])c2cc(C(F)(F)F)ccc21.[Na+]. The van der Waals surface area contributed by atoms with Crippen LogP contribution in [0.1, 0.15) is 43.1 Å². The van der Waals surface area contributed by atoms with Gasteiger partial charge >= 0.3 is 41.9 Å². The van der Waals surface area contributed by atoms with Crippen molar-refractivity contribution in [3.8, 4) is 0 Å². The summed E-state index contributed by atoms with van der Waals surface area (Å²) in [6.45, 7) is 9.06. The van der Waals surface area contributed by atoms with E-state index in [9.17, 15) is 52.3 Å². The summed E-state index contributed by atoms with van der Waals surface area (Å²) in [4.78, 5) is 2.94. The summed E-state index contributed by atoms with van der Waals surface area (Å²) in [6.07, 6.45) is -0.227. The quantitative estimate of drug-likeness (QED) is 0.0799. The minimum Gasteiger partial charge on any atom is -0.748 e. The molecule has 3 aromatic rings. The third-order valence-corrected chi connectivity index (χ3v) is 9.55. The average molecular weight is 783 g/mol. The summed E-state index contributed by atoms with van der Waals surface area (Å²) < 4.78 is 152. The van der Waals surface area contributed by atoms with E-state index in [1.54, 1.807) is 31.2 Å². The molecule has 0 N–H and O–H groups in total. The van der Waals surface area contributed by atoms with Crippen molar-refractivity contribution in [2.24, 2.45) is 0 Å². The van der Waals surface area contributed by atoms with E-state index in [0.29, 0.717) is 34.8 Å². The van der Waals surface area contributed by atoms with Gasteiger partial charge in [0.2, 0.25) is 0 Å². The van der Waals surface area contributed by atoms with Crippen molar-refractivity contribution in [2.75, 3.05) is 27.9 Å². The van der Waals surface area contributed by atoms with Gasteiger partial charge in [0.1, 0.15) is 5.82 Å². The Kier molecular flexibility index (Phi) is 13.8. The first-order chi connectivity index (χ1) is 23.7. The fourth-order valence-corrected chi connectivity index (χ4v) is 6.61. The van der Waals surface area contributed by atoms with E-state index in [1.165, 1.54) is 43.5 Å². The Balaban J connectivity index is 0.00000729. The van der Waals surface area contributed by atoms with Gasteiger partial charge in [-0.1, -0.05) is 32.2 Å². The monoisotopic (exact) mass is 782 g/mol. The zero-order valence-corrected chi connectivity index (χ0v) is 31.7. The number of benzene rings is 2. The Bertz CT molecular complexity index is 2140. The van der Waals surface area contributed by atoms with Crippen LogP contribution in [0.4, 0.5) is 37.7 Å². The summed E-state index contributed by atoms with van der Waals surface area (Å²) in [5.74, 6) is -0.896. The van der Waals surface area contributed by atoms with Crippen LogP contribution in [0.3, 0.4) is 0 Å². The molecule has 0 saturated carbocycles. The molecule has 0 spiro atoms. The number of nitrogens with zero attached hydrogens (tertiary/aromatic N) is 4. The predicted octanol–water partition coefficient (Wildman–Crippen LogP) is 3.60. The van der Waals surface area contributed by atoms with Crippen molar-refractivity contribution in [1.82, 2.24) is 4.57 Å². The van der Waals surface area contributed by atoms with E-state index < -0.39 is 55.2 Å². The summed E-state index contributed by atoms with van der Waals surface area (Å²) in [5.41, 5.74) is -0.404. The number of alkyl halides is 6. The molecule has 2 aromatic carbocycles. The van der Waals surface area contributed by atoms with E-state index >= 15 is 0 Å². The largest absolute Gasteiger partial charge is 1.00 e. The van der Waals surface area contributed by atoms with Crippen LogP contribution in [0.15, 0.2) is 85.4 Å². The van der Waals surface area contributed by atoms with E-state index in [0.717, 1.165) is 24.3 Å². The molecule has 0 bridgehead atoms. The molecule has 1 aromatic heterocycles. The molecule has 0 saturated heterocycles. The Morgan fingerprint density at radius 1 is 0.865 bits per heavy atom. The molecular formula is C33H33F6N4NaO6S2. The first kappa shape index (κ1) is 43.0. The molecule has 2 heterocycles. The van der Waals surface area contributed by atoms with Gasteiger partial charge in [-0.3, -0.25) is 0 Å². The number of anilines is 2. The number of halogens is 6. The van der Waals surface area contributed by atoms with Crippen molar-refractivity contribution in [3.05, 3.63) is 102 Å². The number of fused-ring (bicyclic) bond motifs is 2. The molecule has 1 aliphatic rings. The fourth-order valence-electron chi connectivity index (χ4n) is 5.64. The second-order valence-corrected chi connectivity index (χ2v) is 14.4. The fraction of sp³-hybridized carbons (Fsp3) is 0.303. The van der Waals surface area contributed by atoms with Crippen LogP contribution >= 0.6 is 0 Å². The number of aryl methyl sites for hydroxylation is 1. The van der Waals surface area contributed by atoms with Crippen molar-refractivity contribution in [2.45, 2.75) is 45.1 Å². The number of hydrogen-bond acceptors (Lipinski definition) is 8. The van der Waals surface area contributed by atoms with Crippen LogP contribution in [0.25, 0.3) is 23.3 Å². The topological polar surface area (TPSA) is 130 Å². The van der Waals surface area contributed by atoms with Crippen LogP contribution < -0.4 is 43.9 Å². The second-order valence-electron chi connectivity index (χ2n) is 11.4.